The van der Waals surface area contributed by atoms with E-state index in [1.807, 2.05) is 24.3 Å². The Kier molecular flexibility index (Phi) is 4.91. The molecule has 0 amide bonds. The number of aryl methyl sites for hydroxylation is 1. The average Bonchev–Trinajstić information content (AvgIpc) is 2.32. The minimum Gasteiger partial charge on any atom is -0.300 e. The zero-order chi connectivity index (χ0) is 12.7. The Balaban J connectivity index is 2.60. The van der Waals surface area contributed by atoms with E-state index in [0.29, 0.717) is 6.42 Å². The topological polar surface area (TPSA) is 64.7 Å². The van der Waals surface area contributed by atoms with Gasteiger partial charge in [-0.1, -0.05) is 24.3 Å². The van der Waals surface area contributed by atoms with Crippen LogP contribution in [0.4, 0.5) is 0 Å². The van der Waals surface area contributed by atoms with Crippen LogP contribution in [0.1, 0.15) is 36.8 Å². The molecule has 0 aromatic heterocycles. The van der Waals surface area contributed by atoms with Crippen LogP contribution in [0.5, 0.6) is 0 Å². The highest BCUT2D eigenvalue weighted by Gasteiger charge is 2.08. The lowest BCUT2D eigenvalue weighted by Gasteiger charge is -2.03. The first-order valence-electron chi connectivity index (χ1n) is 5.55. The fourth-order valence-electron chi connectivity index (χ4n) is 1.60. The van der Waals surface area contributed by atoms with E-state index in [-0.39, 0.29) is 5.78 Å². The van der Waals surface area contributed by atoms with Gasteiger partial charge in [0.25, 0.3) is 0 Å². The average molecular weight is 226 g/mol. The third kappa shape index (κ3) is 4.09. The lowest BCUT2D eigenvalue weighted by atomic mass is 9.99. The number of rotatable bonds is 5. The van der Waals surface area contributed by atoms with Crippen molar-refractivity contribution in [3.8, 4) is 12.1 Å². The smallest absolute Gasteiger partial charge is 0.158 e. The van der Waals surface area contributed by atoms with Crippen molar-refractivity contribution in [2.45, 2.75) is 32.1 Å². The molecule has 3 nitrogen and oxygen atoms in total. The lowest BCUT2D eigenvalue weighted by Crippen LogP contribution is -1.95. The van der Waals surface area contributed by atoms with Crippen LogP contribution >= 0.6 is 0 Å². The normalized spacial score (nSPS) is 9.65. The van der Waals surface area contributed by atoms with Crippen LogP contribution in [0.15, 0.2) is 24.3 Å². The second-order valence-electron chi connectivity index (χ2n) is 3.99. The molecular weight excluding hydrogens is 212 g/mol. The van der Waals surface area contributed by atoms with E-state index in [9.17, 15) is 4.79 Å². The summed E-state index contributed by atoms with van der Waals surface area (Å²) in [6.07, 6.45) is 2.29. The van der Waals surface area contributed by atoms with E-state index >= 15 is 0 Å². The molecule has 0 atom stereocenters. The Hall–Kier alpha value is -2.13. The molecule has 0 saturated carbocycles. The molecule has 0 heterocycles. The third-order valence-corrected chi connectivity index (χ3v) is 2.57. The van der Waals surface area contributed by atoms with Crippen LogP contribution in [0.25, 0.3) is 0 Å². The number of nitrogens with zero attached hydrogens (tertiary/aromatic N) is 2. The number of hydrogen-bond donors (Lipinski definition) is 0. The van der Waals surface area contributed by atoms with Gasteiger partial charge in [-0.2, -0.15) is 10.5 Å². The molecule has 86 valence electrons. The van der Waals surface area contributed by atoms with Crippen molar-refractivity contribution in [2.75, 3.05) is 0 Å². The van der Waals surface area contributed by atoms with Gasteiger partial charge in [0.15, 0.2) is 5.92 Å². The molecule has 0 saturated heterocycles. The molecule has 0 spiro atoms. The van der Waals surface area contributed by atoms with Crippen molar-refractivity contribution in [1.82, 2.24) is 0 Å². The van der Waals surface area contributed by atoms with E-state index < -0.39 is 5.92 Å². The van der Waals surface area contributed by atoms with Crippen LogP contribution in [0.2, 0.25) is 0 Å². The highest BCUT2D eigenvalue weighted by atomic mass is 16.1. The molecular formula is C14H14N2O. The molecule has 0 aliphatic rings. The molecule has 17 heavy (non-hydrogen) atoms. The first kappa shape index (κ1) is 12.9. The van der Waals surface area contributed by atoms with Crippen molar-refractivity contribution in [3.63, 3.8) is 0 Å². The van der Waals surface area contributed by atoms with Crippen LogP contribution in [-0.2, 0) is 11.2 Å². The van der Waals surface area contributed by atoms with Gasteiger partial charge in [0.2, 0.25) is 0 Å². The maximum Gasteiger partial charge on any atom is 0.158 e. The minimum absolute atomic E-state index is 0.204. The summed E-state index contributed by atoms with van der Waals surface area (Å²) in [5.41, 5.74) is 1.86. The van der Waals surface area contributed by atoms with Gasteiger partial charge in [0, 0.05) is 6.42 Å². The molecule has 1 rings (SSSR count). The van der Waals surface area contributed by atoms with Crippen molar-refractivity contribution < 1.29 is 4.79 Å². The summed E-state index contributed by atoms with van der Waals surface area (Å²) in [5.74, 6) is -0.489. The van der Waals surface area contributed by atoms with Crippen molar-refractivity contribution >= 4 is 5.78 Å². The molecule has 0 fully saturated rings. The van der Waals surface area contributed by atoms with Gasteiger partial charge in [0.05, 0.1) is 12.1 Å². The SMILES string of the molecule is CC(=O)CCCc1ccc(C(C#N)C#N)cc1. The summed E-state index contributed by atoms with van der Waals surface area (Å²) >= 11 is 0. The third-order valence-electron chi connectivity index (χ3n) is 2.57. The zero-order valence-electron chi connectivity index (χ0n) is 9.81. The second-order valence-corrected chi connectivity index (χ2v) is 3.99. The van der Waals surface area contributed by atoms with Crippen molar-refractivity contribution in [2.24, 2.45) is 0 Å². The van der Waals surface area contributed by atoms with Gasteiger partial charge in [-0.15, -0.1) is 0 Å². The monoisotopic (exact) mass is 226 g/mol. The molecule has 0 aliphatic carbocycles. The number of carbonyl (C=O) groups is 1. The Morgan fingerprint density at radius 1 is 1.24 bits per heavy atom. The van der Waals surface area contributed by atoms with Crippen LogP contribution < -0.4 is 0 Å². The van der Waals surface area contributed by atoms with Crippen molar-refractivity contribution in [3.05, 3.63) is 35.4 Å². The number of nitriles is 2. The van der Waals surface area contributed by atoms with Gasteiger partial charge in [-0.05, 0) is 30.9 Å². The lowest BCUT2D eigenvalue weighted by molar-refractivity contribution is -0.117. The number of benzene rings is 1. The second kappa shape index (κ2) is 6.45. The number of carbonyl (C=O) groups excluding carboxylic acids is 1. The Morgan fingerprint density at radius 3 is 2.29 bits per heavy atom. The summed E-state index contributed by atoms with van der Waals surface area (Å²) in [4.78, 5) is 10.8. The zero-order valence-corrected chi connectivity index (χ0v) is 9.81. The van der Waals surface area contributed by atoms with Gasteiger partial charge < -0.3 is 4.79 Å². The quantitative estimate of drug-likeness (QED) is 0.775. The Labute approximate surface area is 101 Å². The first-order chi connectivity index (χ1) is 8.17. The maximum absolute atomic E-state index is 10.8. The van der Waals surface area contributed by atoms with Crippen LogP contribution in [0, 0.1) is 22.7 Å². The summed E-state index contributed by atoms with van der Waals surface area (Å²) in [5, 5.41) is 17.5. The fraction of sp³-hybridized carbons (Fsp3) is 0.357. The Morgan fingerprint density at radius 2 is 1.82 bits per heavy atom. The molecule has 0 aliphatic heterocycles. The van der Waals surface area contributed by atoms with Gasteiger partial charge in [0.1, 0.15) is 5.78 Å². The summed E-state index contributed by atoms with van der Waals surface area (Å²) in [7, 11) is 0. The summed E-state index contributed by atoms with van der Waals surface area (Å²) in [6.45, 7) is 1.59. The first-order valence-corrected chi connectivity index (χ1v) is 5.55. The maximum atomic E-state index is 10.8. The summed E-state index contributed by atoms with van der Waals surface area (Å²) in [6, 6.07) is 11.3. The highest BCUT2D eigenvalue weighted by molar-refractivity contribution is 5.75. The predicted octanol–water partition coefficient (Wildman–Crippen LogP) is 2.73. The van der Waals surface area contributed by atoms with Gasteiger partial charge >= 0.3 is 0 Å². The molecule has 0 bridgehead atoms. The molecule has 0 N–H and O–H groups in total. The summed E-state index contributed by atoms with van der Waals surface area (Å²) < 4.78 is 0. The number of ketones is 1. The van der Waals surface area contributed by atoms with Gasteiger partial charge in [-0.25, -0.2) is 0 Å². The standard InChI is InChI=1S/C14H14N2O/c1-11(17)3-2-4-12-5-7-13(8-6-12)14(9-15)10-16/h5-8,14H,2-4H2,1H3. The predicted molar refractivity (Wildman–Crippen MR) is 64.0 cm³/mol. The number of hydrogen-bond acceptors (Lipinski definition) is 3. The van der Waals surface area contributed by atoms with Crippen LogP contribution in [0.3, 0.4) is 0 Å². The molecule has 0 unspecified atom stereocenters. The van der Waals surface area contributed by atoms with Gasteiger partial charge in [-0.3, -0.25) is 0 Å². The van der Waals surface area contributed by atoms with E-state index in [2.05, 4.69) is 0 Å². The van der Waals surface area contributed by atoms with Crippen molar-refractivity contribution in [1.29, 1.82) is 10.5 Å². The molecule has 0 radical (unpaired) electrons. The van der Waals surface area contributed by atoms with E-state index in [1.54, 1.807) is 19.1 Å². The highest BCUT2D eigenvalue weighted by Crippen LogP contribution is 2.15. The molecule has 3 heteroatoms. The minimum atomic E-state index is -0.693. The molecule has 1 aromatic carbocycles. The van der Waals surface area contributed by atoms with Crippen LogP contribution in [-0.4, -0.2) is 5.78 Å². The fourth-order valence-corrected chi connectivity index (χ4v) is 1.60. The largest absolute Gasteiger partial charge is 0.300 e. The van der Waals surface area contributed by atoms with E-state index in [0.717, 1.165) is 24.0 Å². The Bertz CT molecular complexity index is 448. The van der Waals surface area contributed by atoms with E-state index in [4.69, 9.17) is 10.5 Å². The molecule has 1 aromatic rings. The number of Topliss-reactive ketones (excluding diaryl/α,β-unsaturated/α-hetero) is 1. The van der Waals surface area contributed by atoms with E-state index in [1.165, 1.54) is 0 Å².